The first-order valence-electron chi connectivity index (χ1n) is 6.49. The minimum absolute atomic E-state index is 0.0785. The monoisotopic (exact) mass is 225 g/mol. The third-order valence-corrected chi connectivity index (χ3v) is 3.75. The first kappa shape index (κ1) is 11.9. The van der Waals surface area contributed by atoms with Gasteiger partial charge in [-0.15, -0.1) is 0 Å². The quantitative estimate of drug-likeness (QED) is 0.725. The molecule has 2 heterocycles. The fourth-order valence-electron chi connectivity index (χ4n) is 3.00. The van der Waals surface area contributed by atoms with E-state index in [9.17, 15) is 4.79 Å². The molecule has 2 saturated heterocycles. The number of amides is 1. The Morgan fingerprint density at radius 1 is 1.44 bits per heavy atom. The molecule has 2 unspecified atom stereocenters. The van der Waals surface area contributed by atoms with Crippen LogP contribution in [-0.4, -0.2) is 49.1 Å². The number of carbonyl (C=O) groups is 1. The number of hydrogen-bond donors (Lipinski definition) is 2. The number of nitrogens with zero attached hydrogens (tertiary/aromatic N) is 1. The standard InChI is InChI=1S/C12H23N3O/c1-10(16)13-7-9-15-8-3-5-12(15)11-4-2-6-14-11/h11-12,14H,2-9H2,1H3,(H,13,16). The highest BCUT2D eigenvalue weighted by atomic mass is 16.1. The largest absolute Gasteiger partial charge is 0.355 e. The van der Waals surface area contributed by atoms with Crippen LogP contribution in [0.25, 0.3) is 0 Å². The maximum atomic E-state index is 10.8. The molecule has 4 nitrogen and oxygen atoms in total. The number of hydrogen-bond acceptors (Lipinski definition) is 3. The fraction of sp³-hybridized carbons (Fsp3) is 0.917. The Balaban J connectivity index is 1.76. The molecule has 4 heteroatoms. The lowest BCUT2D eigenvalue weighted by atomic mass is 10.0. The van der Waals surface area contributed by atoms with E-state index in [0.717, 1.165) is 13.1 Å². The normalized spacial score (nSPS) is 30.8. The Kier molecular flexibility index (Phi) is 4.18. The molecule has 0 aromatic carbocycles. The van der Waals surface area contributed by atoms with Gasteiger partial charge >= 0.3 is 0 Å². The first-order chi connectivity index (χ1) is 7.77. The van der Waals surface area contributed by atoms with Gasteiger partial charge in [-0.3, -0.25) is 9.69 Å². The van der Waals surface area contributed by atoms with Crippen molar-refractivity contribution in [1.29, 1.82) is 0 Å². The Bertz CT molecular complexity index is 238. The maximum Gasteiger partial charge on any atom is 0.216 e. The third-order valence-electron chi connectivity index (χ3n) is 3.75. The van der Waals surface area contributed by atoms with Crippen molar-refractivity contribution in [1.82, 2.24) is 15.5 Å². The Morgan fingerprint density at radius 2 is 2.31 bits per heavy atom. The van der Waals surface area contributed by atoms with Crippen LogP contribution in [0, 0.1) is 0 Å². The van der Waals surface area contributed by atoms with Crippen molar-refractivity contribution in [3.63, 3.8) is 0 Å². The second kappa shape index (κ2) is 5.64. The van der Waals surface area contributed by atoms with Crippen molar-refractivity contribution in [2.24, 2.45) is 0 Å². The lowest BCUT2D eigenvalue weighted by molar-refractivity contribution is -0.119. The predicted molar refractivity (Wildman–Crippen MR) is 64.3 cm³/mol. The van der Waals surface area contributed by atoms with Gasteiger partial charge < -0.3 is 10.6 Å². The van der Waals surface area contributed by atoms with Crippen molar-refractivity contribution in [2.75, 3.05) is 26.2 Å². The summed E-state index contributed by atoms with van der Waals surface area (Å²) < 4.78 is 0. The first-order valence-corrected chi connectivity index (χ1v) is 6.49. The lowest BCUT2D eigenvalue weighted by Gasteiger charge is -2.29. The summed E-state index contributed by atoms with van der Waals surface area (Å²) in [5.74, 6) is 0.0785. The fourth-order valence-corrected chi connectivity index (χ4v) is 3.00. The maximum absolute atomic E-state index is 10.8. The molecule has 2 aliphatic rings. The number of rotatable bonds is 4. The van der Waals surface area contributed by atoms with Crippen LogP contribution in [0.1, 0.15) is 32.6 Å². The summed E-state index contributed by atoms with van der Waals surface area (Å²) in [6.07, 6.45) is 5.27. The topological polar surface area (TPSA) is 44.4 Å². The molecule has 2 aliphatic heterocycles. The SMILES string of the molecule is CC(=O)NCCN1CCCC1C1CCCN1. The molecule has 16 heavy (non-hydrogen) atoms. The minimum Gasteiger partial charge on any atom is -0.355 e. The van der Waals surface area contributed by atoms with E-state index in [0.29, 0.717) is 12.1 Å². The van der Waals surface area contributed by atoms with Gasteiger partial charge in [-0.05, 0) is 38.8 Å². The lowest BCUT2D eigenvalue weighted by Crippen LogP contribution is -2.46. The van der Waals surface area contributed by atoms with Gasteiger partial charge in [0.1, 0.15) is 0 Å². The van der Waals surface area contributed by atoms with E-state index in [1.54, 1.807) is 6.92 Å². The summed E-state index contributed by atoms with van der Waals surface area (Å²) in [6.45, 7) is 5.75. The molecule has 0 bridgehead atoms. The van der Waals surface area contributed by atoms with E-state index in [2.05, 4.69) is 15.5 Å². The van der Waals surface area contributed by atoms with Gasteiger partial charge in [-0.2, -0.15) is 0 Å². The van der Waals surface area contributed by atoms with Gasteiger partial charge in [0.25, 0.3) is 0 Å². The zero-order valence-corrected chi connectivity index (χ0v) is 10.2. The summed E-state index contributed by atoms with van der Waals surface area (Å²) in [5.41, 5.74) is 0. The molecule has 0 spiro atoms. The van der Waals surface area contributed by atoms with Crippen LogP contribution in [0.15, 0.2) is 0 Å². The van der Waals surface area contributed by atoms with E-state index in [-0.39, 0.29) is 5.91 Å². The second-order valence-electron chi connectivity index (χ2n) is 4.93. The summed E-state index contributed by atoms with van der Waals surface area (Å²) in [6, 6.07) is 1.40. The zero-order chi connectivity index (χ0) is 11.4. The molecule has 0 aromatic rings. The van der Waals surface area contributed by atoms with E-state index >= 15 is 0 Å². The van der Waals surface area contributed by atoms with Crippen LogP contribution < -0.4 is 10.6 Å². The molecule has 0 saturated carbocycles. The van der Waals surface area contributed by atoms with Gasteiger partial charge in [0, 0.05) is 32.1 Å². The molecule has 2 rings (SSSR count). The van der Waals surface area contributed by atoms with E-state index in [1.165, 1.54) is 38.8 Å². The van der Waals surface area contributed by atoms with Crippen LogP contribution in [-0.2, 0) is 4.79 Å². The van der Waals surface area contributed by atoms with Crippen molar-refractivity contribution in [3.8, 4) is 0 Å². The number of nitrogens with one attached hydrogen (secondary N) is 2. The summed E-state index contributed by atoms with van der Waals surface area (Å²) in [7, 11) is 0. The summed E-state index contributed by atoms with van der Waals surface area (Å²) in [5, 5.41) is 6.48. The van der Waals surface area contributed by atoms with Crippen LogP contribution in [0.3, 0.4) is 0 Å². The Labute approximate surface area is 97.8 Å². The number of likely N-dealkylation sites (tertiary alicyclic amines) is 1. The third kappa shape index (κ3) is 2.95. The van der Waals surface area contributed by atoms with Gasteiger partial charge in [0.05, 0.1) is 0 Å². The molecule has 92 valence electrons. The minimum atomic E-state index is 0.0785. The van der Waals surface area contributed by atoms with Gasteiger partial charge in [-0.1, -0.05) is 0 Å². The summed E-state index contributed by atoms with van der Waals surface area (Å²) >= 11 is 0. The average Bonchev–Trinajstić information content (AvgIpc) is 2.84. The van der Waals surface area contributed by atoms with Crippen molar-refractivity contribution < 1.29 is 4.79 Å². The van der Waals surface area contributed by atoms with Crippen molar-refractivity contribution >= 4 is 5.91 Å². The number of carbonyl (C=O) groups excluding carboxylic acids is 1. The molecular formula is C12H23N3O. The predicted octanol–water partition coefficient (Wildman–Crippen LogP) is 0.339. The Morgan fingerprint density at radius 3 is 3.00 bits per heavy atom. The van der Waals surface area contributed by atoms with Crippen LogP contribution in [0.2, 0.25) is 0 Å². The van der Waals surface area contributed by atoms with Gasteiger partial charge in [0.15, 0.2) is 0 Å². The molecule has 2 N–H and O–H groups in total. The molecular weight excluding hydrogens is 202 g/mol. The molecule has 0 aromatic heterocycles. The van der Waals surface area contributed by atoms with Crippen LogP contribution in [0.5, 0.6) is 0 Å². The highest BCUT2D eigenvalue weighted by Gasteiger charge is 2.32. The second-order valence-corrected chi connectivity index (χ2v) is 4.93. The summed E-state index contributed by atoms with van der Waals surface area (Å²) in [4.78, 5) is 13.4. The smallest absolute Gasteiger partial charge is 0.216 e. The molecule has 2 fully saturated rings. The van der Waals surface area contributed by atoms with Gasteiger partial charge in [-0.25, -0.2) is 0 Å². The average molecular weight is 225 g/mol. The van der Waals surface area contributed by atoms with E-state index in [1.807, 2.05) is 0 Å². The van der Waals surface area contributed by atoms with Crippen LogP contribution in [0.4, 0.5) is 0 Å². The highest BCUT2D eigenvalue weighted by molar-refractivity contribution is 5.72. The van der Waals surface area contributed by atoms with E-state index < -0.39 is 0 Å². The molecule has 0 aliphatic carbocycles. The molecule has 0 radical (unpaired) electrons. The zero-order valence-electron chi connectivity index (χ0n) is 10.2. The van der Waals surface area contributed by atoms with Crippen molar-refractivity contribution in [3.05, 3.63) is 0 Å². The van der Waals surface area contributed by atoms with Gasteiger partial charge in [0.2, 0.25) is 5.91 Å². The molecule has 1 amide bonds. The van der Waals surface area contributed by atoms with Crippen molar-refractivity contribution in [2.45, 2.75) is 44.7 Å². The van der Waals surface area contributed by atoms with E-state index in [4.69, 9.17) is 0 Å². The highest BCUT2D eigenvalue weighted by Crippen LogP contribution is 2.24. The van der Waals surface area contributed by atoms with Crippen LogP contribution >= 0.6 is 0 Å². The Hall–Kier alpha value is -0.610. The molecule has 2 atom stereocenters.